The van der Waals surface area contributed by atoms with Gasteiger partial charge in [0.2, 0.25) is 5.95 Å². The van der Waals surface area contributed by atoms with Crippen molar-refractivity contribution in [1.82, 2.24) is 15.0 Å². The molecule has 4 rings (SSSR count). The van der Waals surface area contributed by atoms with Crippen LogP contribution in [0.15, 0.2) is 30.5 Å². The number of alkyl halides is 6. The quantitative estimate of drug-likeness (QED) is 0.431. The molecule has 35 heavy (non-hydrogen) atoms. The number of benzene rings is 1. The summed E-state index contributed by atoms with van der Waals surface area (Å²) in [6.45, 7) is 2.89. The molecule has 1 unspecified atom stereocenters. The minimum atomic E-state index is -4.57. The number of nitrogens with one attached hydrogen (secondary N) is 2. The molecule has 7 nitrogen and oxygen atoms in total. The van der Waals surface area contributed by atoms with Gasteiger partial charge in [0.25, 0.3) is 0 Å². The zero-order chi connectivity index (χ0) is 25.4. The number of imidazole rings is 1. The second-order valence-corrected chi connectivity index (χ2v) is 8.39. The molecule has 1 aliphatic rings. The second kappa shape index (κ2) is 9.44. The van der Waals surface area contributed by atoms with E-state index in [2.05, 4.69) is 20.3 Å². The molecular weight excluding hydrogens is 478 g/mol. The van der Waals surface area contributed by atoms with E-state index in [4.69, 9.17) is 0 Å². The monoisotopic (exact) mass is 502 g/mol. The van der Waals surface area contributed by atoms with Gasteiger partial charge in [0.15, 0.2) is 0 Å². The Labute approximate surface area is 196 Å². The number of aliphatic hydroxyl groups is 1. The van der Waals surface area contributed by atoms with Gasteiger partial charge in [-0.05, 0) is 37.6 Å². The largest absolute Gasteiger partial charge is 0.419 e. The first kappa shape index (κ1) is 24.9. The number of anilines is 3. The van der Waals surface area contributed by atoms with Crippen molar-refractivity contribution in [3.8, 4) is 0 Å². The van der Waals surface area contributed by atoms with Crippen molar-refractivity contribution in [2.24, 2.45) is 0 Å². The zero-order valence-corrected chi connectivity index (χ0v) is 18.7. The third-order valence-electron chi connectivity index (χ3n) is 5.76. The molecule has 1 fully saturated rings. The number of rotatable bonds is 6. The molecular formula is C22H24F6N6O. The van der Waals surface area contributed by atoms with E-state index in [-0.39, 0.29) is 36.7 Å². The average Bonchev–Trinajstić information content (AvgIpc) is 3.22. The van der Waals surface area contributed by atoms with Gasteiger partial charge in [-0.1, -0.05) is 0 Å². The minimum Gasteiger partial charge on any atom is -0.393 e. The van der Waals surface area contributed by atoms with E-state index in [1.54, 1.807) is 11.8 Å². The highest BCUT2D eigenvalue weighted by Crippen LogP contribution is 2.37. The number of hydrogen-bond acceptors (Lipinski definition) is 6. The van der Waals surface area contributed by atoms with Crippen molar-refractivity contribution in [2.75, 3.05) is 47.8 Å². The van der Waals surface area contributed by atoms with Crippen LogP contribution in [0.1, 0.15) is 24.5 Å². The van der Waals surface area contributed by atoms with Gasteiger partial charge in [-0.25, -0.2) is 9.97 Å². The summed E-state index contributed by atoms with van der Waals surface area (Å²) in [6.07, 6.45) is -8.07. The summed E-state index contributed by atoms with van der Waals surface area (Å²) in [5.41, 5.74) is -0.978. The Kier molecular flexibility index (Phi) is 6.71. The van der Waals surface area contributed by atoms with E-state index < -0.39 is 29.6 Å². The minimum absolute atomic E-state index is 0.112. The van der Waals surface area contributed by atoms with Gasteiger partial charge in [-0.2, -0.15) is 26.3 Å². The molecule has 2 aromatic heterocycles. The number of halogens is 6. The number of fused-ring (bicyclic) bond motifs is 1. The Balaban J connectivity index is 1.56. The number of H-pyrrole nitrogens is 1. The topological polar surface area (TPSA) is 80.3 Å². The van der Waals surface area contributed by atoms with Crippen LogP contribution in [0.5, 0.6) is 0 Å². The highest BCUT2D eigenvalue weighted by atomic mass is 19.4. The molecule has 190 valence electrons. The lowest BCUT2D eigenvalue weighted by Gasteiger charge is -2.36. The fraction of sp³-hybridized carbons (Fsp3) is 0.455. The third kappa shape index (κ3) is 5.55. The second-order valence-electron chi connectivity index (χ2n) is 8.39. The summed E-state index contributed by atoms with van der Waals surface area (Å²) in [5, 5.41) is 12.4. The maximum atomic E-state index is 13.4. The molecule has 1 saturated heterocycles. The van der Waals surface area contributed by atoms with Crippen LogP contribution < -0.4 is 15.1 Å². The summed E-state index contributed by atoms with van der Waals surface area (Å²) in [7, 11) is 0. The Morgan fingerprint density at radius 3 is 2.37 bits per heavy atom. The smallest absolute Gasteiger partial charge is 0.393 e. The average molecular weight is 502 g/mol. The molecule has 3 aromatic rings. The molecule has 0 bridgehead atoms. The number of piperazine rings is 1. The van der Waals surface area contributed by atoms with Gasteiger partial charge in [-0.15, -0.1) is 0 Å². The predicted octanol–water partition coefficient (Wildman–Crippen LogP) is 4.50. The van der Waals surface area contributed by atoms with Crippen molar-refractivity contribution < 1.29 is 31.4 Å². The standard InChI is InChI=1S/C22H24F6N6O/c1-13(35)4-6-29-16-11-14(21(23,24)25)12-17-18(16)32-20(31-17)34-9-7-33(8-10-34)19-15(22(26,27)28)3-2-5-30-19/h2-3,5,11-13,29,35H,4,6-10H2,1H3,(H,31,32). The lowest BCUT2D eigenvalue weighted by Crippen LogP contribution is -2.47. The first-order valence-corrected chi connectivity index (χ1v) is 11.0. The summed E-state index contributed by atoms with van der Waals surface area (Å²) in [5.74, 6) is 0.179. The molecule has 13 heteroatoms. The zero-order valence-electron chi connectivity index (χ0n) is 18.7. The van der Waals surface area contributed by atoms with E-state index in [0.717, 1.165) is 18.2 Å². The molecule has 0 aliphatic carbocycles. The summed E-state index contributed by atoms with van der Waals surface area (Å²) in [4.78, 5) is 14.6. The lowest BCUT2D eigenvalue weighted by atomic mass is 10.1. The number of aromatic amines is 1. The van der Waals surface area contributed by atoms with Crippen LogP contribution in [0, 0.1) is 0 Å². The van der Waals surface area contributed by atoms with Crippen LogP contribution in [0.3, 0.4) is 0 Å². The van der Waals surface area contributed by atoms with Gasteiger partial charge in [-0.3, -0.25) is 0 Å². The number of aliphatic hydroxyl groups excluding tert-OH is 1. The Hall–Kier alpha value is -3.22. The van der Waals surface area contributed by atoms with Gasteiger partial charge >= 0.3 is 12.4 Å². The fourth-order valence-corrected chi connectivity index (χ4v) is 3.97. The molecule has 3 heterocycles. The van der Waals surface area contributed by atoms with Crippen molar-refractivity contribution in [1.29, 1.82) is 0 Å². The van der Waals surface area contributed by atoms with Gasteiger partial charge in [0.1, 0.15) is 5.82 Å². The van der Waals surface area contributed by atoms with E-state index in [1.807, 2.05) is 0 Å². The summed E-state index contributed by atoms with van der Waals surface area (Å²) >= 11 is 0. The lowest BCUT2D eigenvalue weighted by molar-refractivity contribution is -0.138. The Morgan fingerprint density at radius 2 is 1.74 bits per heavy atom. The number of aromatic nitrogens is 3. The van der Waals surface area contributed by atoms with Crippen LogP contribution in [0.4, 0.5) is 43.8 Å². The van der Waals surface area contributed by atoms with E-state index in [9.17, 15) is 31.4 Å². The van der Waals surface area contributed by atoms with Crippen LogP contribution >= 0.6 is 0 Å². The molecule has 0 saturated carbocycles. The van der Waals surface area contributed by atoms with Crippen LogP contribution in [0.25, 0.3) is 11.0 Å². The van der Waals surface area contributed by atoms with Crippen molar-refractivity contribution in [3.63, 3.8) is 0 Å². The van der Waals surface area contributed by atoms with E-state index >= 15 is 0 Å². The van der Waals surface area contributed by atoms with Gasteiger partial charge in [0.05, 0.1) is 34.0 Å². The summed E-state index contributed by atoms with van der Waals surface area (Å²) < 4.78 is 80.3. The first-order valence-electron chi connectivity index (χ1n) is 11.0. The van der Waals surface area contributed by atoms with Crippen molar-refractivity contribution >= 4 is 28.5 Å². The Bertz CT molecular complexity index is 1170. The van der Waals surface area contributed by atoms with E-state index in [1.165, 1.54) is 17.2 Å². The molecule has 1 aliphatic heterocycles. The van der Waals surface area contributed by atoms with Gasteiger partial charge < -0.3 is 25.2 Å². The fourth-order valence-electron chi connectivity index (χ4n) is 3.97. The van der Waals surface area contributed by atoms with E-state index in [0.29, 0.717) is 31.0 Å². The molecule has 1 aromatic carbocycles. The SMILES string of the molecule is CC(O)CCNc1cc(C(F)(F)F)cc2nc(N3CCN(c4ncccc4C(F)(F)F)CC3)[nH]c12. The molecule has 0 radical (unpaired) electrons. The Morgan fingerprint density at radius 1 is 1.06 bits per heavy atom. The number of hydrogen-bond donors (Lipinski definition) is 3. The highest BCUT2D eigenvalue weighted by molar-refractivity contribution is 5.91. The van der Waals surface area contributed by atoms with Crippen molar-refractivity contribution in [3.05, 3.63) is 41.6 Å². The third-order valence-corrected chi connectivity index (χ3v) is 5.76. The number of pyridine rings is 1. The van der Waals surface area contributed by atoms with Crippen LogP contribution in [-0.4, -0.2) is 58.9 Å². The normalized spacial score (nSPS) is 16.1. The predicted molar refractivity (Wildman–Crippen MR) is 120 cm³/mol. The van der Waals surface area contributed by atoms with Crippen LogP contribution in [-0.2, 0) is 12.4 Å². The molecule has 0 spiro atoms. The van der Waals surface area contributed by atoms with Crippen molar-refractivity contribution in [2.45, 2.75) is 31.8 Å². The summed E-state index contributed by atoms with van der Waals surface area (Å²) in [6, 6.07) is 4.16. The maximum absolute atomic E-state index is 13.4. The molecule has 3 N–H and O–H groups in total. The van der Waals surface area contributed by atoms with Gasteiger partial charge in [0, 0.05) is 38.9 Å². The highest BCUT2D eigenvalue weighted by Gasteiger charge is 2.36. The van der Waals surface area contributed by atoms with Crippen LogP contribution in [0.2, 0.25) is 0 Å². The molecule has 0 amide bonds. The maximum Gasteiger partial charge on any atom is 0.419 e. The number of nitrogens with zero attached hydrogens (tertiary/aromatic N) is 4. The molecule has 1 atom stereocenters. The first-order chi connectivity index (χ1) is 16.4.